The highest BCUT2D eigenvalue weighted by atomic mass is 32.2. The van der Waals surface area contributed by atoms with E-state index in [1.807, 2.05) is 25.4 Å². The van der Waals surface area contributed by atoms with Gasteiger partial charge in [0.1, 0.15) is 23.0 Å². The van der Waals surface area contributed by atoms with Gasteiger partial charge in [0.05, 0.1) is 30.0 Å². The molecule has 10 heteroatoms. The van der Waals surface area contributed by atoms with Crippen LogP contribution in [0.4, 0.5) is 5.82 Å². The minimum atomic E-state index is -0.729. The fraction of sp³-hybridized carbons (Fsp3) is 0.250. The molecule has 0 N–H and O–H groups in total. The maximum absolute atomic E-state index is 11.6. The number of nitriles is 1. The number of hydrogen-bond acceptors (Lipinski definition) is 7. The molecule has 5 rings (SSSR count). The Labute approximate surface area is 175 Å². The van der Waals surface area contributed by atoms with Crippen LogP contribution in [-0.4, -0.2) is 58.2 Å². The zero-order valence-electron chi connectivity index (χ0n) is 16.3. The minimum Gasteiger partial charge on any atom is -0.355 e. The largest absolute Gasteiger partial charge is 0.355 e. The molecule has 0 bridgehead atoms. The van der Waals surface area contributed by atoms with Gasteiger partial charge < -0.3 is 4.90 Å². The molecule has 0 atom stereocenters. The lowest BCUT2D eigenvalue weighted by Gasteiger charge is -2.27. The van der Waals surface area contributed by atoms with Gasteiger partial charge in [0, 0.05) is 66.0 Å². The van der Waals surface area contributed by atoms with Crippen molar-refractivity contribution < 1.29 is 4.21 Å². The topological polar surface area (TPSA) is 105 Å². The Bertz CT molecular complexity index is 1290. The first-order chi connectivity index (χ1) is 14.6. The summed E-state index contributed by atoms with van der Waals surface area (Å²) in [4.78, 5) is 11.6. The van der Waals surface area contributed by atoms with Crippen molar-refractivity contribution in [3.63, 3.8) is 0 Å². The summed E-state index contributed by atoms with van der Waals surface area (Å²) in [5.41, 5.74) is 4.11. The van der Waals surface area contributed by atoms with E-state index in [2.05, 4.69) is 26.2 Å². The normalized spacial score (nSPS) is 14.9. The van der Waals surface area contributed by atoms with Gasteiger partial charge in [-0.25, -0.2) is 14.5 Å². The summed E-state index contributed by atoms with van der Waals surface area (Å²) in [6.45, 7) is 1.47. The van der Waals surface area contributed by atoms with Gasteiger partial charge in [0.15, 0.2) is 0 Å². The molecule has 1 fully saturated rings. The highest BCUT2D eigenvalue weighted by Crippen LogP contribution is 2.29. The fourth-order valence-electron chi connectivity index (χ4n) is 3.57. The van der Waals surface area contributed by atoms with E-state index >= 15 is 0 Å². The van der Waals surface area contributed by atoms with Crippen molar-refractivity contribution in [1.29, 1.82) is 5.26 Å². The molecule has 4 aromatic heterocycles. The van der Waals surface area contributed by atoms with Gasteiger partial charge in [0.25, 0.3) is 0 Å². The first-order valence-electron chi connectivity index (χ1n) is 9.46. The zero-order valence-corrected chi connectivity index (χ0v) is 17.1. The van der Waals surface area contributed by atoms with E-state index in [1.165, 1.54) is 0 Å². The lowest BCUT2D eigenvalue weighted by molar-refractivity contribution is 0.672. The molecule has 0 radical (unpaired) electrons. The number of pyridine rings is 1. The molecule has 1 aliphatic rings. The molecule has 0 unspecified atom stereocenters. The van der Waals surface area contributed by atoms with E-state index in [4.69, 9.17) is 4.98 Å². The number of fused-ring (bicyclic) bond motifs is 1. The molecule has 4 aromatic rings. The van der Waals surface area contributed by atoms with Gasteiger partial charge in [-0.15, -0.1) is 0 Å². The number of aryl methyl sites for hydroxylation is 1. The van der Waals surface area contributed by atoms with Gasteiger partial charge in [-0.05, 0) is 12.1 Å². The van der Waals surface area contributed by atoms with E-state index in [0.29, 0.717) is 34.0 Å². The average molecular weight is 418 g/mol. The Balaban J connectivity index is 1.59. The molecule has 1 aliphatic heterocycles. The van der Waals surface area contributed by atoms with Crippen molar-refractivity contribution in [2.45, 2.75) is 0 Å². The second kappa shape index (κ2) is 7.35. The second-order valence-corrected chi connectivity index (χ2v) is 8.78. The third-order valence-electron chi connectivity index (χ3n) is 5.14. The molecule has 0 amide bonds. The summed E-state index contributed by atoms with van der Waals surface area (Å²) in [7, 11) is 1.12. The molecule has 30 heavy (non-hydrogen) atoms. The van der Waals surface area contributed by atoms with Crippen molar-refractivity contribution in [2.24, 2.45) is 7.05 Å². The predicted molar refractivity (Wildman–Crippen MR) is 113 cm³/mol. The van der Waals surface area contributed by atoms with E-state index in [1.54, 1.807) is 34.0 Å². The summed E-state index contributed by atoms with van der Waals surface area (Å²) in [6.07, 6.45) is 8.74. The van der Waals surface area contributed by atoms with Gasteiger partial charge in [-0.2, -0.15) is 15.5 Å². The molecular weight excluding hydrogens is 400 g/mol. The van der Waals surface area contributed by atoms with Crippen molar-refractivity contribution in [3.8, 4) is 28.6 Å². The van der Waals surface area contributed by atoms with Crippen LogP contribution >= 0.6 is 0 Å². The van der Waals surface area contributed by atoms with Crippen LogP contribution in [0.2, 0.25) is 0 Å². The smallest absolute Gasteiger partial charge is 0.128 e. The number of aromatic nitrogens is 6. The van der Waals surface area contributed by atoms with Gasteiger partial charge >= 0.3 is 0 Å². The fourth-order valence-corrected chi connectivity index (χ4v) is 4.62. The predicted octanol–water partition coefficient (Wildman–Crippen LogP) is 1.63. The lowest BCUT2D eigenvalue weighted by Crippen LogP contribution is -2.38. The minimum absolute atomic E-state index is 0.456. The molecule has 0 spiro atoms. The third kappa shape index (κ3) is 3.23. The van der Waals surface area contributed by atoms with Crippen molar-refractivity contribution >= 4 is 22.1 Å². The summed E-state index contributed by atoms with van der Waals surface area (Å²) in [5, 5.41) is 18.1. The summed E-state index contributed by atoms with van der Waals surface area (Å²) in [6, 6.07) is 6.09. The van der Waals surface area contributed by atoms with Crippen LogP contribution < -0.4 is 4.90 Å². The van der Waals surface area contributed by atoms with E-state index in [9.17, 15) is 9.47 Å². The lowest BCUT2D eigenvalue weighted by atomic mass is 10.1. The Morgan fingerprint density at radius 2 is 1.90 bits per heavy atom. The molecule has 150 valence electrons. The third-order valence-corrected chi connectivity index (χ3v) is 6.42. The van der Waals surface area contributed by atoms with Crippen LogP contribution in [0.3, 0.4) is 0 Å². The van der Waals surface area contributed by atoms with E-state index < -0.39 is 10.8 Å². The van der Waals surface area contributed by atoms with Crippen LogP contribution in [0.25, 0.3) is 28.0 Å². The Morgan fingerprint density at radius 1 is 1.07 bits per heavy atom. The first kappa shape index (κ1) is 18.4. The van der Waals surface area contributed by atoms with Crippen LogP contribution in [-0.2, 0) is 17.8 Å². The number of anilines is 1. The Hall–Kier alpha value is -3.58. The number of rotatable bonds is 3. The molecule has 0 saturated carbocycles. The molecular formula is C20H18N8OS. The molecule has 0 aliphatic carbocycles. The van der Waals surface area contributed by atoms with Crippen LogP contribution in [0.15, 0.2) is 43.1 Å². The quantitative estimate of drug-likeness (QED) is 0.498. The van der Waals surface area contributed by atoms with Crippen LogP contribution in [0, 0.1) is 11.3 Å². The van der Waals surface area contributed by atoms with Gasteiger partial charge in [-0.3, -0.25) is 8.89 Å². The number of nitrogens with zero attached hydrogens (tertiary/aromatic N) is 8. The highest BCUT2D eigenvalue weighted by Gasteiger charge is 2.19. The maximum Gasteiger partial charge on any atom is 0.128 e. The monoisotopic (exact) mass is 418 g/mol. The average Bonchev–Trinajstić information content (AvgIpc) is 3.40. The van der Waals surface area contributed by atoms with Gasteiger partial charge in [-0.1, -0.05) is 0 Å². The van der Waals surface area contributed by atoms with E-state index in [0.717, 1.165) is 30.0 Å². The van der Waals surface area contributed by atoms with E-state index in [-0.39, 0.29) is 0 Å². The zero-order chi connectivity index (χ0) is 20.7. The summed E-state index contributed by atoms with van der Waals surface area (Å²) in [5.74, 6) is 2.18. The molecule has 1 saturated heterocycles. The van der Waals surface area contributed by atoms with Gasteiger partial charge in [0.2, 0.25) is 0 Å². The van der Waals surface area contributed by atoms with Crippen LogP contribution in [0.1, 0.15) is 5.56 Å². The number of hydrogen-bond donors (Lipinski definition) is 0. The molecule has 9 nitrogen and oxygen atoms in total. The first-order valence-corrected chi connectivity index (χ1v) is 10.9. The molecule has 0 aromatic carbocycles. The Kier molecular flexibility index (Phi) is 4.52. The maximum atomic E-state index is 11.6. The molecule has 5 heterocycles. The summed E-state index contributed by atoms with van der Waals surface area (Å²) < 4.78 is 15.0. The highest BCUT2D eigenvalue weighted by molar-refractivity contribution is 7.85. The van der Waals surface area contributed by atoms with Crippen molar-refractivity contribution in [1.82, 2.24) is 29.4 Å². The second-order valence-electron chi connectivity index (χ2n) is 7.08. The Morgan fingerprint density at radius 3 is 2.57 bits per heavy atom. The SMILES string of the molecule is Cn1cc(-c2cn3ncc(C#N)c3c(-c3ccc(N4CCS(=O)CC4)nc3)n2)cn1. The van der Waals surface area contributed by atoms with Crippen LogP contribution in [0.5, 0.6) is 0 Å². The van der Waals surface area contributed by atoms with Crippen molar-refractivity contribution in [2.75, 3.05) is 29.5 Å². The van der Waals surface area contributed by atoms with Crippen molar-refractivity contribution in [3.05, 3.63) is 48.7 Å². The summed E-state index contributed by atoms with van der Waals surface area (Å²) >= 11 is 0. The standard InChI is InChI=1S/C20H18N8OS/c1-26-12-16(11-23-26)17-13-28-20(15(8-21)10-24-28)19(25-17)14-2-3-18(22-9-14)27-4-6-30(29)7-5-27/h2-3,9-13H,4-7H2,1H3.